The molecule has 2 fully saturated rings. The Kier molecular flexibility index (Phi) is 6.30. The molecule has 1 heterocycles. The van der Waals surface area contributed by atoms with Crippen LogP contribution in [0.15, 0.2) is 30.3 Å². The van der Waals surface area contributed by atoms with Crippen molar-refractivity contribution in [2.75, 3.05) is 26.2 Å². The number of hydrogen-bond donors (Lipinski definition) is 2. The Hall–Kier alpha value is -1.88. The zero-order valence-electron chi connectivity index (χ0n) is 15.8. The van der Waals surface area contributed by atoms with Crippen molar-refractivity contribution in [1.29, 1.82) is 0 Å². The lowest BCUT2D eigenvalue weighted by atomic mass is 9.72. The van der Waals surface area contributed by atoms with Gasteiger partial charge in [-0.05, 0) is 50.6 Å². The van der Waals surface area contributed by atoms with E-state index in [1.807, 2.05) is 18.2 Å². The summed E-state index contributed by atoms with van der Waals surface area (Å²) in [6.45, 7) is 4.74. The van der Waals surface area contributed by atoms with Crippen LogP contribution in [-0.4, -0.2) is 42.9 Å². The van der Waals surface area contributed by atoms with Gasteiger partial charge in [0.2, 0.25) is 11.8 Å². The number of likely N-dealkylation sites (tertiary alicyclic amines) is 1. The van der Waals surface area contributed by atoms with Crippen LogP contribution in [0.2, 0.25) is 0 Å². The first kappa shape index (κ1) is 18.9. The van der Waals surface area contributed by atoms with Crippen LogP contribution in [0, 0.1) is 5.92 Å². The number of benzene rings is 1. The third-order valence-corrected chi connectivity index (χ3v) is 5.70. The van der Waals surface area contributed by atoms with E-state index < -0.39 is 0 Å². The second-order valence-corrected chi connectivity index (χ2v) is 7.72. The number of hydrogen-bond acceptors (Lipinski definition) is 3. The molecule has 5 nitrogen and oxygen atoms in total. The fourth-order valence-corrected chi connectivity index (χ4v) is 4.09. The summed E-state index contributed by atoms with van der Waals surface area (Å²) in [5.41, 5.74) is 1.02. The van der Waals surface area contributed by atoms with Crippen LogP contribution >= 0.6 is 0 Å². The molecule has 0 bridgehead atoms. The monoisotopic (exact) mass is 357 g/mol. The summed E-state index contributed by atoms with van der Waals surface area (Å²) in [4.78, 5) is 27.0. The molecule has 1 aromatic rings. The van der Waals surface area contributed by atoms with Crippen LogP contribution in [0.3, 0.4) is 0 Å². The summed E-state index contributed by atoms with van der Waals surface area (Å²) in [5, 5.41) is 6.28. The van der Waals surface area contributed by atoms with Crippen molar-refractivity contribution in [3.63, 3.8) is 0 Å². The summed E-state index contributed by atoms with van der Waals surface area (Å²) in [6, 6.07) is 10.3. The first-order valence-electron chi connectivity index (χ1n) is 9.99. The Morgan fingerprint density at radius 1 is 1.19 bits per heavy atom. The quantitative estimate of drug-likeness (QED) is 0.788. The highest BCUT2D eigenvalue weighted by Gasteiger charge is 2.40. The van der Waals surface area contributed by atoms with Crippen LogP contribution in [0.4, 0.5) is 0 Å². The van der Waals surface area contributed by atoms with Crippen molar-refractivity contribution in [2.45, 2.75) is 51.0 Å². The highest BCUT2D eigenvalue weighted by atomic mass is 16.2. The van der Waals surface area contributed by atoms with E-state index in [1.165, 1.54) is 5.56 Å². The molecule has 0 aromatic heterocycles. The predicted octanol–water partition coefficient (Wildman–Crippen LogP) is 2.42. The number of rotatable bonds is 7. The summed E-state index contributed by atoms with van der Waals surface area (Å²) >= 11 is 0. The molecule has 1 saturated carbocycles. The Morgan fingerprint density at radius 2 is 1.96 bits per heavy atom. The topological polar surface area (TPSA) is 61.4 Å². The molecular formula is C21H31N3O2. The van der Waals surface area contributed by atoms with E-state index in [0.29, 0.717) is 13.1 Å². The fourth-order valence-electron chi connectivity index (χ4n) is 4.09. The van der Waals surface area contributed by atoms with E-state index in [4.69, 9.17) is 0 Å². The standard InChI is InChI=1S/C21H31N3O2/c1-2-13-22-20(26)17-8-6-14-24(15-17)16-19(25)23-21(11-7-12-21)18-9-4-3-5-10-18/h3-5,9-10,17H,2,6-8,11-16H2,1H3,(H,22,26)(H,23,25). The highest BCUT2D eigenvalue weighted by molar-refractivity contribution is 5.80. The van der Waals surface area contributed by atoms with Crippen molar-refractivity contribution in [3.8, 4) is 0 Å². The van der Waals surface area contributed by atoms with Gasteiger partial charge in [-0.1, -0.05) is 37.3 Å². The molecule has 2 N–H and O–H groups in total. The van der Waals surface area contributed by atoms with Gasteiger partial charge in [0.05, 0.1) is 18.0 Å². The summed E-state index contributed by atoms with van der Waals surface area (Å²) < 4.78 is 0. The molecule has 2 amide bonds. The minimum absolute atomic E-state index is 0.00915. The van der Waals surface area contributed by atoms with Crippen molar-refractivity contribution in [1.82, 2.24) is 15.5 Å². The van der Waals surface area contributed by atoms with Gasteiger partial charge in [-0.15, -0.1) is 0 Å². The smallest absolute Gasteiger partial charge is 0.234 e. The van der Waals surface area contributed by atoms with E-state index in [-0.39, 0.29) is 23.3 Å². The van der Waals surface area contributed by atoms with Gasteiger partial charge in [0.1, 0.15) is 0 Å². The molecule has 1 unspecified atom stereocenters. The second-order valence-electron chi connectivity index (χ2n) is 7.72. The van der Waals surface area contributed by atoms with Gasteiger partial charge in [0, 0.05) is 13.1 Å². The van der Waals surface area contributed by atoms with Gasteiger partial charge in [-0.25, -0.2) is 0 Å². The maximum Gasteiger partial charge on any atom is 0.234 e. The largest absolute Gasteiger partial charge is 0.356 e. The van der Waals surface area contributed by atoms with Crippen LogP contribution in [0.5, 0.6) is 0 Å². The van der Waals surface area contributed by atoms with Gasteiger partial charge >= 0.3 is 0 Å². The molecule has 1 aliphatic heterocycles. The van der Waals surface area contributed by atoms with Crippen LogP contribution in [-0.2, 0) is 15.1 Å². The second kappa shape index (κ2) is 8.67. The predicted molar refractivity (Wildman–Crippen MR) is 103 cm³/mol. The fraction of sp³-hybridized carbons (Fsp3) is 0.619. The normalized spacial score (nSPS) is 22.3. The number of amides is 2. The minimum Gasteiger partial charge on any atom is -0.356 e. The number of carbonyl (C=O) groups excluding carboxylic acids is 2. The van der Waals surface area contributed by atoms with Crippen molar-refractivity contribution >= 4 is 11.8 Å². The highest BCUT2D eigenvalue weighted by Crippen LogP contribution is 2.41. The molecule has 1 saturated heterocycles. The molecule has 0 spiro atoms. The van der Waals surface area contributed by atoms with Gasteiger partial charge in [0.25, 0.3) is 0 Å². The molecule has 0 radical (unpaired) electrons. The van der Waals surface area contributed by atoms with Gasteiger partial charge < -0.3 is 10.6 Å². The summed E-state index contributed by atoms with van der Waals surface area (Å²) in [7, 11) is 0. The molecule has 26 heavy (non-hydrogen) atoms. The maximum absolute atomic E-state index is 12.7. The molecule has 1 atom stereocenters. The Balaban J connectivity index is 1.53. The molecule has 142 valence electrons. The van der Waals surface area contributed by atoms with Gasteiger partial charge in [0.15, 0.2) is 0 Å². The van der Waals surface area contributed by atoms with Crippen LogP contribution in [0.1, 0.15) is 51.0 Å². The zero-order valence-corrected chi connectivity index (χ0v) is 15.8. The molecule has 1 aliphatic carbocycles. The number of nitrogens with one attached hydrogen (secondary N) is 2. The summed E-state index contributed by atoms with van der Waals surface area (Å²) in [5.74, 6) is 0.217. The SMILES string of the molecule is CCCNC(=O)C1CCCN(CC(=O)NC2(c3ccccc3)CCC2)C1. The lowest BCUT2D eigenvalue weighted by Crippen LogP contribution is -2.54. The number of nitrogens with zero attached hydrogens (tertiary/aromatic N) is 1. The first-order valence-corrected chi connectivity index (χ1v) is 9.99. The lowest BCUT2D eigenvalue weighted by molar-refractivity contribution is -0.130. The maximum atomic E-state index is 12.7. The van der Waals surface area contributed by atoms with Gasteiger partial charge in [-0.3, -0.25) is 14.5 Å². The molecule has 3 rings (SSSR count). The van der Waals surface area contributed by atoms with E-state index >= 15 is 0 Å². The van der Waals surface area contributed by atoms with E-state index in [9.17, 15) is 9.59 Å². The average Bonchev–Trinajstić information content (AvgIpc) is 2.63. The van der Waals surface area contributed by atoms with Gasteiger partial charge in [-0.2, -0.15) is 0 Å². The van der Waals surface area contributed by atoms with Crippen LogP contribution in [0.25, 0.3) is 0 Å². The van der Waals surface area contributed by atoms with Crippen molar-refractivity contribution < 1.29 is 9.59 Å². The Labute approximate surface area is 156 Å². The lowest BCUT2D eigenvalue weighted by Gasteiger charge is -2.43. The van der Waals surface area contributed by atoms with Crippen molar-refractivity contribution in [3.05, 3.63) is 35.9 Å². The van der Waals surface area contributed by atoms with E-state index in [1.54, 1.807) is 0 Å². The Morgan fingerprint density at radius 3 is 2.62 bits per heavy atom. The number of piperidine rings is 1. The summed E-state index contributed by atoms with van der Waals surface area (Å²) in [6.07, 6.45) is 6.00. The molecule has 5 heteroatoms. The molecular weight excluding hydrogens is 326 g/mol. The first-order chi connectivity index (χ1) is 12.6. The van der Waals surface area contributed by atoms with E-state index in [0.717, 1.165) is 51.6 Å². The minimum atomic E-state index is -0.188. The molecule has 1 aromatic carbocycles. The zero-order chi connectivity index (χ0) is 18.4. The average molecular weight is 357 g/mol. The molecule has 2 aliphatic rings. The Bertz CT molecular complexity index is 613. The van der Waals surface area contributed by atoms with Crippen molar-refractivity contribution in [2.24, 2.45) is 5.92 Å². The van der Waals surface area contributed by atoms with Crippen LogP contribution < -0.4 is 10.6 Å². The van der Waals surface area contributed by atoms with E-state index in [2.05, 4.69) is 34.6 Å². The third kappa shape index (κ3) is 4.44. The number of carbonyl (C=O) groups is 2. The third-order valence-electron chi connectivity index (χ3n) is 5.70.